The smallest absolute Gasteiger partial charge is 0.0218 e. The molecule has 0 bridgehead atoms. The van der Waals surface area contributed by atoms with Gasteiger partial charge in [-0.2, -0.15) is 0 Å². The van der Waals surface area contributed by atoms with Crippen LogP contribution in [0.2, 0.25) is 0 Å². The van der Waals surface area contributed by atoms with Gasteiger partial charge in [0.25, 0.3) is 0 Å². The van der Waals surface area contributed by atoms with E-state index in [0.29, 0.717) is 6.04 Å². The van der Waals surface area contributed by atoms with Crippen molar-refractivity contribution in [1.29, 1.82) is 0 Å². The third-order valence-electron chi connectivity index (χ3n) is 2.18. The van der Waals surface area contributed by atoms with Gasteiger partial charge in [0.1, 0.15) is 0 Å². The molecule has 1 fully saturated rings. The van der Waals surface area contributed by atoms with E-state index in [1.54, 1.807) is 0 Å². The van der Waals surface area contributed by atoms with Crippen molar-refractivity contribution in [1.82, 2.24) is 4.90 Å². The van der Waals surface area contributed by atoms with Gasteiger partial charge in [0.05, 0.1) is 0 Å². The minimum absolute atomic E-state index is 0. The minimum Gasteiger partial charge on any atom is -0.329 e. The highest BCUT2D eigenvalue weighted by Crippen LogP contribution is 2.14. The maximum Gasteiger partial charge on any atom is 0.0218 e. The first kappa shape index (κ1) is 14.4. The maximum atomic E-state index is 5.56. The van der Waals surface area contributed by atoms with Crippen molar-refractivity contribution in [3.63, 3.8) is 0 Å². The molecule has 0 aromatic heterocycles. The molecule has 0 aliphatic carbocycles. The van der Waals surface area contributed by atoms with Crippen LogP contribution in [0.5, 0.6) is 0 Å². The van der Waals surface area contributed by atoms with Gasteiger partial charge in [0.15, 0.2) is 0 Å². The lowest BCUT2D eigenvalue weighted by Crippen LogP contribution is -2.34. The van der Waals surface area contributed by atoms with E-state index in [1.165, 1.54) is 25.9 Å². The number of likely N-dealkylation sites (N-methyl/N-ethyl adjacent to an activating group) is 1. The second kappa shape index (κ2) is 9.01. The summed E-state index contributed by atoms with van der Waals surface area (Å²) in [6.45, 7) is 9.47. The van der Waals surface area contributed by atoms with E-state index in [4.69, 9.17) is 5.73 Å². The molecule has 0 saturated carbocycles. The van der Waals surface area contributed by atoms with Gasteiger partial charge in [0.2, 0.25) is 0 Å². The Balaban J connectivity index is 0. The van der Waals surface area contributed by atoms with Crippen LogP contribution >= 0.6 is 0 Å². The number of likely N-dealkylation sites (tertiary alicyclic amines) is 1. The predicted molar refractivity (Wildman–Crippen MR) is 57.4 cm³/mol. The lowest BCUT2D eigenvalue weighted by molar-refractivity contribution is 0.272. The monoisotopic (exact) mass is 174 g/mol. The summed E-state index contributed by atoms with van der Waals surface area (Å²) in [5, 5.41) is 0. The topological polar surface area (TPSA) is 29.3 Å². The molecule has 1 rings (SSSR count). The first-order valence-electron chi connectivity index (χ1n) is 4.82. The van der Waals surface area contributed by atoms with Crippen molar-refractivity contribution < 1.29 is 0 Å². The minimum atomic E-state index is 0. The van der Waals surface area contributed by atoms with Crippen molar-refractivity contribution in [2.45, 2.75) is 47.1 Å². The van der Waals surface area contributed by atoms with E-state index < -0.39 is 0 Å². The molecular weight excluding hydrogens is 148 g/mol. The zero-order valence-corrected chi connectivity index (χ0v) is 8.14. The van der Waals surface area contributed by atoms with Crippen LogP contribution in [0, 0.1) is 0 Å². The van der Waals surface area contributed by atoms with Gasteiger partial charge in [-0.25, -0.2) is 0 Å². The van der Waals surface area contributed by atoms with Gasteiger partial charge in [-0.05, 0) is 25.9 Å². The molecule has 1 aliphatic heterocycles. The molecule has 2 N–H and O–H groups in total. The van der Waals surface area contributed by atoms with E-state index in [9.17, 15) is 0 Å². The quantitative estimate of drug-likeness (QED) is 0.694. The van der Waals surface area contributed by atoms with Crippen LogP contribution in [0.3, 0.4) is 0 Å². The highest BCUT2D eigenvalue weighted by molar-refractivity contribution is 4.78. The van der Waals surface area contributed by atoms with Gasteiger partial charge in [0, 0.05) is 12.6 Å². The van der Waals surface area contributed by atoms with E-state index in [0.717, 1.165) is 6.54 Å². The van der Waals surface area contributed by atoms with Crippen LogP contribution in [0.4, 0.5) is 0 Å². The molecule has 1 heterocycles. The van der Waals surface area contributed by atoms with Crippen molar-refractivity contribution in [2.24, 2.45) is 5.73 Å². The van der Waals surface area contributed by atoms with Crippen LogP contribution < -0.4 is 5.73 Å². The van der Waals surface area contributed by atoms with Crippen LogP contribution in [-0.2, 0) is 0 Å². The highest BCUT2D eigenvalue weighted by atomic mass is 15.2. The summed E-state index contributed by atoms with van der Waals surface area (Å²) in [6.07, 6.45) is 2.65. The van der Waals surface area contributed by atoms with Gasteiger partial charge >= 0.3 is 0 Å². The van der Waals surface area contributed by atoms with Crippen molar-refractivity contribution >= 4 is 0 Å². The second-order valence-electron chi connectivity index (χ2n) is 2.66. The molecular formula is C10H26N2. The zero-order chi connectivity index (χ0) is 8.69. The Kier molecular flexibility index (Phi) is 10.8. The average molecular weight is 174 g/mol. The molecule has 1 aliphatic rings. The summed E-state index contributed by atoms with van der Waals surface area (Å²) in [5.41, 5.74) is 5.56. The standard InChI is InChI=1S/C7H16N2.C2H6.CH4/c1-2-9-5-3-4-7(9)6-8;1-2;/h7H,2-6,8H2,1H3;1-2H3;1H4. The molecule has 0 aromatic rings. The summed E-state index contributed by atoms with van der Waals surface area (Å²) in [5.74, 6) is 0. The normalized spacial score (nSPS) is 22.5. The Labute approximate surface area is 78.1 Å². The summed E-state index contributed by atoms with van der Waals surface area (Å²) in [6, 6.07) is 0.690. The predicted octanol–water partition coefficient (Wildman–Crippen LogP) is 2.09. The highest BCUT2D eigenvalue weighted by Gasteiger charge is 2.20. The molecule has 2 nitrogen and oxygen atoms in total. The van der Waals surface area contributed by atoms with Crippen molar-refractivity contribution in [2.75, 3.05) is 19.6 Å². The molecule has 76 valence electrons. The third kappa shape index (κ3) is 4.07. The van der Waals surface area contributed by atoms with Crippen molar-refractivity contribution in [3.8, 4) is 0 Å². The third-order valence-corrected chi connectivity index (χ3v) is 2.18. The lowest BCUT2D eigenvalue weighted by atomic mass is 10.2. The molecule has 0 radical (unpaired) electrons. The van der Waals surface area contributed by atoms with E-state index in [-0.39, 0.29) is 7.43 Å². The Morgan fingerprint density at radius 1 is 1.42 bits per heavy atom. The van der Waals surface area contributed by atoms with Gasteiger partial charge in [-0.3, -0.25) is 4.90 Å². The SMILES string of the molecule is C.CC.CCN1CCCC1CN. The van der Waals surface area contributed by atoms with Crippen LogP contribution in [0.25, 0.3) is 0 Å². The summed E-state index contributed by atoms with van der Waals surface area (Å²) < 4.78 is 0. The number of hydrogen-bond donors (Lipinski definition) is 1. The fourth-order valence-corrected chi connectivity index (χ4v) is 1.58. The Morgan fingerprint density at radius 3 is 2.33 bits per heavy atom. The van der Waals surface area contributed by atoms with Crippen molar-refractivity contribution in [3.05, 3.63) is 0 Å². The molecule has 1 saturated heterocycles. The van der Waals surface area contributed by atoms with Gasteiger partial charge in [-0.1, -0.05) is 28.2 Å². The molecule has 0 aromatic carbocycles. The maximum absolute atomic E-state index is 5.56. The molecule has 12 heavy (non-hydrogen) atoms. The molecule has 0 amide bonds. The number of nitrogens with two attached hydrogens (primary N) is 1. The lowest BCUT2D eigenvalue weighted by Gasteiger charge is -2.20. The molecule has 2 heteroatoms. The van der Waals surface area contributed by atoms with Gasteiger partial charge in [-0.15, -0.1) is 0 Å². The fourth-order valence-electron chi connectivity index (χ4n) is 1.58. The van der Waals surface area contributed by atoms with Crippen LogP contribution in [0.15, 0.2) is 0 Å². The Morgan fingerprint density at radius 2 is 2.00 bits per heavy atom. The Hall–Kier alpha value is -0.0800. The first-order valence-corrected chi connectivity index (χ1v) is 4.82. The average Bonchev–Trinajstić information content (AvgIpc) is 2.54. The van der Waals surface area contributed by atoms with Crippen LogP contribution in [0.1, 0.15) is 41.0 Å². The fraction of sp³-hybridized carbons (Fsp3) is 1.00. The largest absolute Gasteiger partial charge is 0.329 e. The zero-order valence-electron chi connectivity index (χ0n) is 8.14. The summed E-state index contributed by atoms with van der Waals surface area (Å²) in [4.78, 5) is 2.46. The van der Waals surface area contributed by atoms with E-state index in [2.05, 4.69) is 11.8 Å². The summed E-state index contributed by atoms with van der Waals surface area (Å²) >= 11 is 0. The van der Waals surface area contributed by atoms with E-state index in [1.807, 2.05) is 13.8 Å². The Bertz CT molecular complexity index is 73.9. The van der Waals surface area contributed by atoms with Gasteiger partial charge < -0.3 is 5.73 Å². The number of rotatable bonds is 2. The molecule has 0 spiro atoms. The summed E-state index contributed by atoms with van der Waals surface area (Å²) in [7, 11) is 0. The first-order chi connectivity index (χ1) is 5.38. The number of hydrogen-bond acceptors (Lipinski definition) is 2. The number of nitrogens with zero attached hydrogens (tertiary/aromatic N) is 1. The van der Waals surface area contributed by atoms with E-state index >= 15 is 0 Å². The molecule has 1 atom stereocenters. The second-order valence-corrected chi connectivity index (χ2v) is 2.66. The molecule has 1 unspecified atom stereocenters. The van der Waals surface area contributed by atoms with Crippen LogP contribution in [-0.4, -0.2) is 30.6 Å².